The lowest BCUT2D eigenvalue weighted by atomic mass is 9.93. The number of benzene rings is 10. The quantitative estimate of drug-likeness (QED) is 0.142. The second-order valence-electron chi connectivity index (χ2n) is 14.7. The first-order valence-electron chi connectivity index (χ1n) is 21.9. The number of hydrogen-bond acceptors (Lipinski definition) is 1. The second-order valence-corrected chi connectivity index (χ2v) is 14.7. The molecule has 10 aromatic carbocycles. The van der Waals surface area contributed by atoms with Crippen LogP contribution in [0.1, 0.15) is 5.48 Å². The zero-order valence-corrected chi connectivity index (χ0v) is 32.3. The summed E-state index contributed by atoms with van der Waals surface area (Å²) in [6.45, 7) is 0. The number of hydrogen-bond donors (Lipinski definition) is 0. The average molecular weight is 756 g/mol. The molecule has 0 radical (unpaired) electrons. The van der Waals surface area contributed by atoms with Crippen LogP contribution in [-0.4, -0.2) is 0 Å². The van der Waals surface area contributed by atoms with E-state index in [1.165, 1.54) is 0 Å². The monoisotopic (exact) mass is 755 g/mol. The average Bonchev–Trinajstić information content (AvgIpc) is 3.35. The molecule has 0 aliphatic heterocycles. The van der Waals surface area contributed by atoms with Crippen LogP contribution in [0.2, 0.25) is 0 Å². The fourth-order valence-corrected chi connectivity index (χ4v) is 7.82. The van der Waals surface area contributed by atoms with Crippen molar-refractivity contribution >= 4 is 27.8 Å². The van der Waals surface area contributed by atoms with Gasteiger partial charge in [-0.05, 0) is 144 Å². The molecule has 0 bridgehead atoms. The summed E-state index contributed by atoms with van der Waals surface area (Å²) >= 11 is 0. The lowest BCUT2D eigenvalue weighted by Gasteiger charge is -2.26. The molecule has 0 aromatic heterocycles. The van der Waals surface area contributed by atoms with Gasteiger partial charge in [-0.15, -0.1) is 0 Å². The summed E-state index contributed by atoms with van der Waals surface area (Å²) in [5.74, 6) is 0. The van der Waals surface area contributed by atoms with Gasteiger partial charge in [0.05, 0.1) is 5.48 Å². The molecule has 0 aliphatic rings. The van der Waals surface area contributed by atoms with Crippen LogP contribution in [0.4, 0.5) is 17.1 Å². The first-order chi connectivity index (χ1) is 30.9. The molecule has 10 rings (SSSR count). The highest BCUT2D eigenvalue weighted by atomic mass is 15.1. The van der Waals surface area contributed by atoms with E-state index in [-0.39, 0.29) is 35.4 Å². The maximum atomic E-state index is 9.59. The molecule has 0 aliphatic carbocycles. The molecule has 0 amide bonds. The number of anilines is 3. The summed E-state index contributed by atoms with van der Waals surface area (Å²) < 4.78 is 38.1. The van der Waals surface area contributed by atoms with Crippen molar-refractivity contribution in [1.29, 1.82) is 0 Å². The van der Waals surface area contributed by atoms with Gasteiger partial charge in [0.25, 0.3) is 0 Å². The highest BCUT2D eigenvalue weighted by molar-refractivity contribution is 5.89. The fourth-order valence-electron chi connectivity index (χ4n) is 7.82. The number of nitrogens with zero attached hydrogens (tertiary/aromatic N) is 1. The molecule has 0 spiro atoms. The van der Waals surface area contributed by atoms with E-state index in [0.29, 0.717) is 16.9 Å². The molecule has 0 unspecified atom stereocenters. The van der Waals surface area contributed by atoms with E-state index >= 15 is 0 Å². The topological polar surface area (TPSA) is 3.24 Å². The molecule has 0 heterocycles. The van der Waals surface area contributed by atoms with E-state index in [4.69, 9.17) is 0 Å². The number of rotatable bonds is 9. The molecular formula is C58H41N. The molecule has 0 saturated heterocycles. The molecule has 1 nitrogen and oxygen atoms in total. The van der Waals surface area contributed by atoms with Gasteiger partial charge in [0.2, 0.25) is 0 Å². The Morgan fingerprint density at radius 1 is 0.220 bits per heavy atom. The van der Waals surface area contributed by atoms with Gasteiger partial charge < -0.3 is 4.90 Å². The van der Waals surface area contributed by atoms with Crippen molar-refractivity contribution in [3.63, 3.8) is 0 Å². The van der Waals surface area contributed by atoms with Crippen LogP contribution < -0.4 is 4.90 Å². The fraction of sp³-hybridized carbons (Fsp3) is 0. The maximum absolute atomic E-state index is 9.59. The summed E-state index contributed by atoms with van der Waals surface area (Å²) in [5.41, 5.74) is 13.1. The van der Waals surface area contributed by atoms with Gasteiger partial charge >= 0.3 is 0 Å². The minimum atomic E-state index is -0.124. The minimum absolute atomic E-state index is 0.102. The van der Waals surface area contributed by atoms with E-state index in [1.807, 2.05) is 108 Å². The van der Waals surface area contributed by atoms with Crippen LogP contribution in [0, 0.1) is 0 Å². The summed E-state index contributed by atoms with van der Waals surface area (Å²) in [7, 11) is 0. The first-order valence-corrected chi connectivity index (χ1v) is 19.9. The van der Waals surface area contributed by atoms with E-state index in [1.54, 1.807) is 0 Å². The first kappa shape index (κ1) is 31.4. The highest BCUT2D eigenvalue weighted by Gasteiger charge is 2.15. The van der Waals surface area contributed by atoms with Gasteiger partial charge in [0.1, 0.15) is 0 Å². The van der Waals surface area contributed by atoms with Gasteiger partial charge in [-0.3, -0.25) is 0 Å². The summed E-state index contributed by atoms with van der Waals surface area (Å²) in [6, 6.07) is 75.7. The zero-order chi connectivity index (χ0) is 42.9. The van der Waals surface area contributed by atoms with Crippen LogP contribution in [0.15, 0.2) is 249 Å². The van der Waals surface area contributed by atoms with Crippen molar-refractivity contribution in [3.8, 4) is 66.8 Å². The lowest BCUT2D eigenvalue weighted by molar-refractivity contribution is 1.28. The molecule has 0 saturated carbocycles. The molecule has 59 heavy (non-hydrogen) atoms. The van der Waals surface area contributed by atoms with E-state index < -0.39 is 0 Å². The Hall–Kier alpha value is -7.74. The molecule has 1 heteroatoms. The van der Waals surface area contributed by atoms with Crippen molar-refractivity contribution in [2.24, 2.45) is 0 Å². The largest absolute Gasteiger partial charge is 0.311 e. The Kier molecular flexibility index (Phi) is 8.51. The molecule has 10 aromatic rings. The zero-order valence-electron chi connectivity index (χ0n) is 36.3. The van der Waals surface area contributed by atoms with Gasteiger partial charge in [0, 0.05) is 17.1 Å². The van der Waals surface area contributed by atoms with Gasteiger partial charge in [0.15, 0.2) is 0 Å². The van der Waals surface area contributed by atoms with Crippen LogP contribution in [0.25, 0.3) is 77.5 Å². The van der Waals surface area contributed by atoms with Crippen molar-refractivity contribution in [1.82, 2.24) is 0 Å². The van der Waals surface area contributed by atoms with Crippen LogP contribution >= 0.6 is 0 Å². The third-order valence-electron chi connectivity index (χ3n) is 10.9. The van der Waals surface area contributed by atoms with E-state index in [2.05, 4.69) is 121 Å². The highest BCUT2D eigenvalue weighted by Crippen LogP contribution is 2.39. The van der Waals surface area contributed by atoms with Crippen molar-refractivity contribution in [2.75, 3.05) is 4.90 Å². The summed E-state index contributed by atoms with van der Waals surface area (Å²) in [6.07, 6.45) is 0. The van der Waals surface area contributed by atoms with Crippen molar-refractivity contribution in [3.05, 3.63) is 249 Å². The second kappa shape index (κ2) is 16.0. The molecular weight excluding hydrogens is 711 g/mol. The Labute approximate surface area is 352 Å². The van der Waals surface area contributed by atoms with Crippen molar-refractivity contribution < 1.29 is 5.48 Å². The number of fused-ring (bicyclic) bond motifs is 1. The molecule has 0 atom stereocenters. The smallest absolute Gasteiger partial charge is 0.0645 e. The predicted octanol–water partition coefficient (Wildman–Crippen LogP) is 16.3. The normalized spacial score (nSPS) is 12.0. The third-order valence-corrected chi connectivity index (χ3v) is 10.9. The van der Waals surface area contributed by atoms with Crippen LogP contribution in [0.5, 0.6) is 0 Å². The minimum Gasteiger partial charge on any atom is -0.311 e. The van der Waals surface area contributed by atoms with E-state index in [9.17, 15) is 5.48 Å². The SMILES string of the molecule is [2H]c1c([2H])c(N(c2ccc(-c3ccccc3)cc2)c2ccc(-c3cc(-c4ccccc4)cc(-c4ccccc4)c3)cc2)c([2H])c([2H])c1-c1cccc(-c2ccc3ccccc3c2)c1. The Balaban J connectivity index is 1.08. The summed E-state index contributed by atoms with van der Waals surface area (Å²) in [5, 5.41) is 2.27. The lowest BCUT2D eigenvalue weighted by Crippen LogP contribution is -2.09. The van der Waals surface area contributed by atoms with Crippen LogP contribution in [-0.2, 0) is 0 Å². The predicted molar refractivity (Wildman–Crippen MR) is 251 cm³/mol. The van der Waals surface area contributed by atoms with Crippen LogP contribution in [0.3, 0.4) is 0 Å². The Bertz CT molecular complexity index is 3150. The molecule has 278 valence electrons. The maximum Gasteiger partial charge on any atom is 0.0645 e. The molecule has 0 N–H and O–H groups in total. The van der Waals surface area contributed by atoms with Gasteiger partial charge in [-0.2, -0.15) is 0 Å². The van der Waals surface area contributed by atoms with Gasteiger partial charge in [-0.25, -0.2) is 0 Å². The van der Waals surface area contributed by atoms with Crippen molar-refractivity contribution in [2.45, 2.75) is 0 Å². The van der Waals surface area contributed by atoms with E-state index in [0.717, 1.165) is 66.4 Å². The summed E-state index contributed by atoms with van der Waals surface area (Å²) in [4.78, 5) is 1.85. The third kappa shape index (κ3) is 7.58. The Morgan fingerprint density at radius 3 is 1.10 bits per heavy atom. The van der Waals surface area contributed by atoms with Gasteiger partial charge in [-0.1, -0.05) is 182 Å². The molecule has 0 fully saturated rings. The Morgan fingerprint density at radius 2 is 0.576 bits per heavy atom. The standard InChI is InChI=1S/C58H41N/c1-4-13-42(14-5-1)46-25-31-56(32-26-46)59(57-33-27-47(28-34-57)50-21-12-22-51(37-50)52-24-23-45-19-10-11-20-49(45)38-52)58-35-29-48(30-36-58)55-40-53(43-15-6-2-7-16-43)39-54(41-55)44-17-8-3-9-18-44/h1-41H/i27D,28D,33D,34D.